The number of rotatable bonds is 4. The molecule has 0 saturated carbocycles. The maximum atomic E-state index is 13.1. The van der Waals surface area contributed by atoms with Crippen molar-refractivity contribution in [2.45, 2.75) is 25.1 Å². The number of hydrogen-bond donors (Lipinski definition) is 1. The Balaban J connectivity index is 1.69. The van der Waals surface area contributed by atoms with Gasteiger partial charge in [-0.15, -0.1) is 0 Å². The van der Waals surface area contributed by atoms with Crippen LogP contribution in [0.15, 0.2) is 36.8 Å². The molecule has 0 bridgehead atoms. The summed E-state index contributed by atoms with van der Waals surface area (Å²) in [7, 11) is 0. The van der Waals surface area contributed by atoms with Crippen molar-refractivity contribution in [2.75, 3.05) is 18.0 Å². The Morgan fingerprint density at radius 3 is 2.86 bits per heavy atom. The van der Waals surface area contributed by atoms with E-state index in [0.29, 0.717) is 30.1 Å². The van der Waals surface area contributed by atoms with Crippen LogP contribution in [0.3, 0.4) is 0 Å². The highest BCUT2D eigenvalue weighted by Crippen LogP contribution is 2.30. The third kappa shape index (κ3) is 3.49. The lowest BCUT2D eigenvalue weighted by Gasteiger charge is -2.33. The second-order valence-corrected chi connectivity index (χ2v) is 6.60. The molecule has 3 aromatic rings. The molecule has 1 fully saturated rings. The summed E-state index contributed by atoms with van der Waals surface area (Å²) < 4.78 is 40.5. The lowest BCUT2D eigenvalue weighted by molar-refractivity contribution is -0.137. The summed E-state index contributed by atoms with van der Waals surface area (Å²) >= 11 is 0. The van der Waals surface area contributed by atoms with Gasteiger partial charge in [0.25, 0.3) is 0 Å². The highest BCUT2D eigenvalue weighted by atomic mass is 19.4. The van der Waals surface area contributed by atoms with Gasteiger partial charge in [-0.1, -0.05) is 0 Å². The number of aromatic nitrogens is 4. The summed E-state index contributed by atoms with van der Waals surface area (Å²) in [6, 6.07) is 4.10. The lowest BCUT2D eigenvalue weighted by atomic mass is 10.1. The highest BCUT2D eigenvalue weighted by Gasteiger charge is 2.31. The smallest absolute Gasteiger partial charge is 0.354 e. The van der Waals surface area contributed by atoms with Crippen LogP contribution in [-0.4, -0.2) is 44.9 Å². The molecule has 3 aromatic heterocycles. The predicted octanol–water partition coefficient (Wildman–Crippen LogP) is 2.52. The number of amides is 1. The van der Waals surface area contributed by atoms with Crippen molar-refractivity contribution in [2.24, 2.45) is 0 Å². The first-order valence-electron chi connectivity index (χ1n) is 8.78. The van der Waals surface area contributed by atoms with Crippen LogP contribution in [0.25, 0.3) is 17.2 Å². The van der Waals surface area contributed by atoms with Crippen molar-refractivity contribution in [3.05, 3.63) is 42.4 Å². The summed E-state index contributed by atoms with van der Waals surface area (Å²) in [6.07, 6.45) is 2.06. The van der Waals surface area contributed by atoms with Crippen LogP contribution in [0.4, 0.5) is 19.0 Å². The number of alkyl halides is 3. The zero-order valence-electron chi connectivity index (χ0n) is 14.7. The molecule has 28 heavy (non-hydrogen) atoms. The molecule has 10 heteroatoms. The van der Waals surface area contributed by atoms with E-state index in [1.165, 1.54) is 16.7 Å². The molecule has 1 unspecified atom stereocenters. The highest BCUT2D eigenvalue weighted by molar-refractivity contribution is 5.59. The molecule has 0 radical (unpaired) electrons. The minimum Gasteiger partial charge on any atom is -0.354 e. The average molecular weight is 390 g/mol. The first-order valence-corrected chi connectivity index (χ1v) is 8.78. The van der Waals surface area contributed by atoms with E-state index in [9.17, 15) is 18.0 Å². The van der Waals surface area contributed by atoms with Gasteiger partial charge in [-0.3, -0.25) is 9.20 Å². The van der Waals surface area contributed by atoms with Crippen molar-refractivity contribution in [1.82, 2.24) is 24.7 Å². The van der Waals surface area contributed by atoms with Gasteiger partial charge in [-0.05, 0) is 31.0 Å². The fourth-order valence-corrected chi connectivity index (χ4v) is 3.38. The van der Waals surface area contributed by atoms with Crippen LogP contribution in [0, 0.1) is 0 Å². The zero-order valence-corrected chi connectivity index (χ0v) is 14.7. The summed E-state index contributed by atoms with van der Waals surface area (Å²) in [4.78, 5) is 25.6. The number of fused-ring (bicyclic) bond motifs is 1. The van der Waals surface area contributed by atoms with Gasteiger partial charge in [0, 0.05) is 31.5 Å². The van der Waals surface area contributed by atoms with Gasteiger partial charge in [0.2, 0.25) is 6.41 Å². The maximum Gasteiger partial charge on any atom is 0.417 e. The third-order valence-corrected chi connectivity index (χ3v) is 4.75. The molecule has 4 heterocycles. The number of carbonyl (C=O) groups excluding carboxylic acids is 1. The molecule has 146 valence electrons. The average Bonchev–Trinajstić information content (AvgIpc) is 3.11. The molecule has 7 nitrogen and oxygen atoms in total. The number of imidazole rings is 1. The van der Waals surface area contributed by atoms with Crippen LogP contribution >= 0.6 is 0 Å². The molecule has 1 aliphatic rings. The minimum absolute atomic E-state index is 0.0369. The van der Waals surface area contributed by atoms with E-state index in [1.807, 2.05) is 4.90 Å². The number of pyridine rings is 1. The van der Waals surface area contributed by atoms with Crippen LogP contribution in [0.5, 0.6) is 0 Å². The molecule has 1 atom stereocenters. The van der Waals surface area contributed by atoms with Gasteiger partial charge in [0.15, 0.2) is 5.82 Å². The van der Waals surface area contributed by atoms with Crippen LogP contribution in [-0.2, 0) is 11.0 Å². The lowest BCUT2D eigenvalue weighted by Crippen LogP contribution is -2.45. The minimum atomic E-state index is -4.45. The SMILES string of the molecule is O=CNC1CCCN(c2ccnc(-c3cnc4ccc(C(F)(F)F)cn34)n2)C1. The quantitative estimate of drug-likeness (QED) is 0.693. The normalized spacial score (nSPS) is 17.7. The fraction of sp³-hybridized carbons (Fsp3) is 0.333. The van der Waals surface area contributed by atoms with E-state index in [-0.39, 0.29) is 11.9 Å². The molecule has 0 aliphatic carbocycles. The van der Waals surface area contributed by atoms with Gasteiger partial charge >= 0.3 is 6.18 Å². The molecular weight excluding hydrogens is 373 g/mol. The van der Waals surface area contributed by atoms with Gasteiger partial charge in [0.1, 0.15) is 17.2 Å². The molecule has 0 spiro atoms. The van der Waals surface area contributed by atoms with E-state index in [4.69, 9.17) is 0 Å². The Labute approximate surface area is 158 Å². The summed E-state index contributed by atoms with van der Waals surface area (Å²) in [5.74, 6) is 0.944. The first kappa shape index (κ1) is 18.2. The van der Waals surface area contributed by atoms with E-state index in [2.05, 4.69) is 20.3 Å². The third-order valence-electron chi connectivity index (χ3n) is 4.75. The number of halogens is 3. The number of piperidine rings is 1. The van der Waals surface area contributed by atoms with Crippen LogP contribution in [0.1, 0.15) is 18.4 Å². The van der Waals surface area contributed by atoms with Gasteiger partial charge < -0.3 is 10.2 Å². The summed E-state index contributed by atoms with van der Waals surface area (Å²) in [5, 5.41) is 2.78. The Bertz CT molecular complexity index is 1000. The van der Waals surface area contributed by atoms with Crippen molar-refractivity contribution in [3.63, 3.8) is 0 Å². The first-order chi connectivity index (χ1) is 13.5. The van der Waals surface area contributed by atoms with Gasteiger partial charge in [0.05, 0.1) is 11.8 Å². The predicted molar refractivity (Wildman–Crippen MR) is 95.7 cm³/mol. The summed E-state index contributed by atoms with van der Waals surface area (Å²) in [6.45, 7) is 1.39. The number of carbonyl (C=O) groups is 1. The number of nitrogens with zero attached hydrogens (tertiary/aromatic N) is 5. The number of anilines is 1. The second kappa shape index (κ2) is 7.10. The van der Waals surface area contributed by atoms with Gasteiger partial charge in [-0.25, -0.2) is 15.0 Å². The topological polar surface area (TPSA) is 75.4 Å². The van der Waals surface area contributed by atoms with E-state index in [0.717, 1.165) is 31.6 Å². The largest absolute Gasteiger partial charge is 0.417 e. The molecule has 0 aromatic carbocycles. The summed E-state index contributed by atoms with van der Waals surface area (Å²) in [5.41, 5.74) is -0.0121. The van der Waals surface area contributed by atoms with Crippen molar-refractivity contribution in [3.8, 4) is 11.5 Å². The monoisotopic (exact) mass is 390 g/mol. The molecule has 1 N–H and O–H groups in total. The van der Waals surface area contributed by atoms with Crippen molar-refractivity contribution in [1.29, 1.82) is 0 Å². The fourth-order valence-electron chi connectivity index (χ4n) is 3.38. The number of nitrogens with one attached hydrogen (secondary N) is 1. The molecular formula is C18H17F3N6O. The Kier molecular flexibility index (Phi) is 4.62. The second-order valence-electron chi connectivity index (χ2n) is 6.60. The van der Waals surface area contributed by atoms with Crippen molar-refractivity contribution >= 4 is 17.9 Å². The molecule has 1 amide bonds. The Hall–Kier alpha value is -3.17. The molecule has 1 saturated heterocycles. The van der Waals surface area contributed by atoms with Crippen LogP contribution in [0.2, 0.25) is 0 Å². The van der Waals surface area contributed by atoms with E-state index in [1.54, 1.807) is 12.3 Å². The zero-order chi connectivity index (χ0) is 19.7. The number of hydrogen-bond acceptors (Lipinski definition) is 5. The van der Waals surface area contributed by atoms with Gasteiger partial charge in [-0.2, -0.15) is 13.2 Å². The van der Waals surface area contributed by atoms with E-state index >= 15 is 0 Å². The Morgan fingerprint density at radius 1 is 1.21 bits per heavy atom. The molecule has 1 aliphatic heterocycles. The molecule has 4 rings (SSSR count). The Morgan fingerprint density at radius 2 is 2.07 bits per heavy atom. The standard InChI is InChI=1S/C18H17F3N6O/c19-18(20,21)12-3-4-15-23-8-14(27(15)9-12)17-22-6-5-16(25-17)26-7-1-2-13(10-26)24-11-28/h3-6,8-9,11,13H,1-2,7,10H2,(H,24,28). The van der Waals surface area contributed by atoms with Crippen molar-refractivity contribution < 1.29 is 18.0 Å². The van der Waals surface area contributed by atoms with E-state index < -0.39 is 11.7 Å². The van der Waals surface area contributed by atoms with Crippen LogP contribution < -0.4 is 10.2 Å². The maximum absolute atomic E-state index is 13.1.